The van der Waals surface area contributed by atoms with E-state index < -0.39 is 0 Å². The molecule has 2 aromatic carbocycles. The monoisotopic (exact) mass is 400 g/mol. The molecule has 0 saturated carbocycles. The van der Waals surface area contributed by atoms with Gasteiger partial charge in [0.15, 0.2) is 0 Å². The third-order valence-electron chi connectivity index (χ3n) is 5.55. The Hall–Kier alpha value is -1.85. The topological polar surface area (TPSA) is 23.6 Å². The minimum Gasteiger partial charge on any atom is -0.341 e. The summed E-state index contributed by atoms with van der Waals surface area (Å²) in [7, 11) is 1.92. The van der Waals surface area contributed by atoms with Crippen LogP contribution in [0.2, 0.25) is 0 Å². The van der Waals surface area contributed by atoms with E-state index >= 15 is 0 Å². The van der Waals surface area contributed by atoms with Gasteiger partial charge in [-0.3, -0.25) is 4.79 Å². The maximum atomic E-state index is 13.0. The van der Waals surface area contributed by atoms with Gasteiger partial charge >= 0.3 is 0 Å². The molecule has 150 valence electrons. The van der Waals surface area contributed by atoms with Crippen molar-refractivity contribution >= 4 is 17.7 Å². The van der Waals surface area contributed by atoms with Gasteiger partial charge in [0.05, 0.1) is 5.56 Å². The Balaban J connectivity index is 1.44. The minimum atomic E-state index is -0.177. The van der Waals surface area contributed by atoms with Crippen molar-refractivity contribution in [1.82, 2.24) is 9.80 Å². The molecule has 0 atom stereocenters. The second-order valence-electron chi connectivity index (χ2n) is 7.55. The highest BCUT2D eigenvalue weighted by atomic mass is 32.2. The summed E-state index contributed by atoms with van der Waals surface area (Å²) in [6, 6.07) is 14.6. The van der Waals surface area contributed by atoms with Gasteiger partial charge in [-0.1, -0.05) is 24.3 Å². The van der Waals surface area contributed by atoms with Crippen LogP contribution in [0.4, 0.5) is 4.39 Å². The van der Waals surface area contributed by atoms with Gasteiger partial charge in [-0.2, -0.15) is 0 Å². The van der Waals surface area contributed by atoms with E-state index in [-0.39, 0.29) is 11.7 Å². The molecule has 1 aliphatic rings. The zero-order chi connectivity index (χ0) is 19.9. The number of thioether (sulfide) groups is 1. The van der Waals surface area contributed by atoms with Crippen LogP contribution in [0.5, 0.6) is 0 Å². The Labute approximate surface area is 171 Å². The fraction of sp³-hybridized carbons (Fsp3) is 0.435. The van der Waals surface area contributed by atoms with Gasteiger partial charge in [0.2, 0.25) is 0 Å². The van der Waals surface area contributed by atoms with Gasteiger partial charge in [-0.15, -0.1) is 11.8 Å². The maximum Gasteiger partial charge on any atom is 0.254 e. The Kier molecular flexibility index (Phi) is 7.51. The van der Waals surface area contributed by atoms with Gasteiger partial charge in [-0.25, -0.2) is 4.39 Å². The summed E-state index contributed by atoms with van der Waals surface area (Å²) >= 11 is 1.62. The Morgan fingerprint density at radius 3 is 2.50 bits per heavy atom. The molecule has 0 radical (unpaired) electrons. The molecule has 0 unspecified atom stereocenters. The van der Waals surface area contributed by atoms with Gasteiger partial charge < -0.3 is 9.80 Å². The summed E-state index contributed by atoms with van der Waals surface area (Å²) in [6.45, 7) is 3.95. The van der Waals surface area contributed by atoms with Crippen LogP contribution >= 0.6 is 11.8 Å². The van der Waals surface area contributed by atoms with Gasteiger partial charge in [0.25, 0.3) is 5.91 Å². The average Bonchev–Trinajstić information content (AvgIpc) is 2.73. The summed E-state index contributed by atoms with van der Waals surface area (Å²) in [5.41, 5.74) is 1.98. The van der Waals surface area contributed by atoms with E-state index in [2.05, 4.69) is 4.90 Å². The first-order chi connectivity index (χ1) is 13.6. The maximum absolute atomic E-state index is 13.0. The normalized spacial score (nSPS) is 15.5. The van der Waals surface area contributed by atoms with Crippen molar-refractivity contribution in [3.63, 3.8) is 0 Å². The van der Waals surface area contributed by atoms with E-state index in [4.69, 9.17) is 0 Å². The highest BCUT2D eigenvalue weighted by Crippen LogP contribution is 2.23. The van der Waals surface area contributed by atoms with Crippen molar-refractivity contribution in [3.8, 4) is 0 Å². The number of benzene rings is 2. The quantitative estimate of drug-likeness (QED) is 0.636. The Bertz CT molecular complexity index is 772. The molecule has 0 aromatic heterocycles. The molecule has 0 spiro atoms. The summed E-state index contributed by atoms with van der Waals surface area (Å²) < 4.78 is 13.0. The van der Waals surface area contributed by atoms with Crippen molar-refractivity contribution in [1.29, 1.82) is 0 Å². The summed E-state index contributed by atoms with van der Waals surface area (Å²) in [5.74, 6) is 0.490. The number of hydrogen-bond acceptors (Lipinski definition) is 3. The van der Waals surface area contributed by atoms with Crippen LogP contribution in [0.25, 0.3) is 0 Å². The summed E-state index contributed by atoms with van der Waals surface area (Å²) in [5, 5.41) is 0. The van der Waals surface area contributed by atoms with Crippen molar-refractivity contribution in [2.45, 2.75) is 24.2 Å². The van der Waals surface area contributed by atoms with Crippen molar-refractivity contribution in [3.05, 3.63) is 65.5 Å². The minimum absolute atomic E-state index is 0.115. The largest absolute Gasteiger partial charge is 0.341 e. The zero-order valence-electron chi connectivity index (χ0n) is 16.7. The second-order valence-corrected chi connectivity index (χ2v) is 8.40. The number of carbonyl (C=O) groups excluding carboxylic acids is 1. The van der Waals surface area contributed by atoms with Gasteiger partial charge in [-0.05, 0) is 74.4 Å². The lowest BCUT2D eigenvalue weighted by molar-refractivity contribution is 0.0737. The number of nitrogens with zero attached hydrogens (tertiary/aromatic N) is 2. The SMILES string of the molecule is CSc1ccccc1C(=O)N(C)CC1CCN(CCc2ccc(F)cc2)CC1. The van der Waals surface area contributed by atoms with Crippen molar-refractivity contribution < 1.29 is 9.18 Å². The number of halogens is 1. The number of piperidine rings is 1. The van der Waals surface area contributed by atoms with Crippen LogP contribution in [0, 0.1) is 11.7 Å². The Morgan fingerprint density at radius 1 is 1.14 bits per heavy atom. The second kappa shape index (κ2) is 10.1. The predicted octanol–water partition coefficient (Wildman–Crippen LogP) is 4.57. The number of carbonyl (C=O) groups is 1. The fourth-order valence-electron chi connectivity index (χ4n) is 3.83. The van der Waals surface area contributed by atoms with Crippen molar-refractivity contribution in [2.75, 3.05) is 39.5 Å². The molecule has 0 bridgehead atoms. The predicted molar refractivity (Wildman–Crippen MR) is 114 cm³/mol. The van der Waals surface area contributed by atoms with Crippen LogP contribution in [0.3, 0.4) is 0 Å². The molecule has 0 N–H and O–H groups in total. The lowest BCUT2D eigenvalue weighted by Crippen LogP contribution is -2.40. The molecule has 1 heterocycles. The van der Waals surface area contributed by atoms with Gasteiger partial charge in [0, 0.05) is 25.0 Å². The molecule has 1 amide bonds. The van der Waals surface area contributed by atoms with E-state index in [1.54, 1.807) is 11.8 Å². The van der Waals surface area contributed by atoms with Crippen LogP contribution in [0.15, 0.2) is 53.4 Å². The first kappa shape index (κ1) is 20.9. The molecule has 1 fully saturated rings. The smallest absolute Gasteiger partial charge is 0.254 e. The summed E-state index contributed by atoms with van der Waals surface area (Å²) in [4.78, 5) is 18.2. The average molecular weight is 401 g/mol. The molecule has 3 rings (SSSR count). The third-order valence-corrected chi connectivity index (χ3v) is 6.35. The van der Waals surface area contributed by atoms with E-state index in [9.17, 15) is 9.18 Å². The van der Waals surface area contributed by atoms with E-state index in [1.165, 1.54) is 17.7 Å². The zero-order valence-corrected chi connectivity index (χ0v) is 17.6. The molecule has 1 saturated heterocycles. The molecular formula is C23H29FN2OS. The van der Waals surface area contributed by atoms with Crippen LogP contribution < -0.4 is 0 Å². The fourth-order valence-corrected chi connectivity index (χ4v) is 4.42. The number of amides is 1. The molecular weight excluding hydrogens is 371 g/mol. The lowest BCUT2D eigenvalue weighted by Gasteiger charge is -2.34. The molecule has 2 aromatic rings. The first-order valence-corrected chi connectivity index (χ1v) is 11.1. The van der Waals surface area contributed by atoms with E-state index in [0.29, 0.717) is 5.92 Å². The van der Waals surface area contributed by atoms with Gasteiger partial charge in [0.1, 0.15) is 5.82 Å². The molecule has 5 heteroatoms. The number of rotatable bonds is 7. The lowest BCUT2D eigenvalue weighted by atomic mass is 9.95. The first-order valence-electron chi connectivity index (χ1n) is 9.92. The molecule has 28 heavy (non-hydrogen) atoms. The molecule has 1 aliphatic heterocycles. The van der Waals surface area contributed by atoms with Crippen LogP contribution in [-0.2, 0) is 6.42 Å². The highest BCUT2D eigenvalue weighted by Gasteiger charge is 2.23. The standard InChI is InChI=1S/C23H29FN2OS/c1-25(23(27)21-5-3-4-6-22(21)28-2)17-19-12-15-26(16-13-19)14-11-18-7-9-20(24)10-8-18/h3-10,19H,11-17H2,1-2H3. The molecule has 3 nitrogen and oxygen atoms in total. The van der Waals surface area contributed by atoms with Crippen molar-refractivity contribution in [2.24, 2.45) is 5.92 Å². The molecule has 0 aliphatic carbocycles. The number of likely N-dealkylation sites (tertiary alicyclic amines) is 1. The third kappa shape index (κ3) is 5.58. The number of hydrogen-bond donors (Lipinski definition) is 0. The van der Waals surface area contributed by atoms with Crippen LogP contribution in [-0.4, -0.2) is 55.2 Å². The van der Waals surface area contributed by atoms with Crippen LogP contribution in [0.1, 0.15) is 28.8 Å². The van der Waals surface area contributed by atoms with E-state index in [0.717, 1.165) is 55.9 Å². The van der Waals surface area contributed by atoms with E-state index in [1.807, 2.05) is 54.6 Å². The highest BCUT2D eigenvalue weighted by molar-refractivity contribution is 7.98. The Morgan fingerprint density at radius 2 is 1.82 bits per heavy atom. The summed E-state index contributed by atoms with van der Waals surface area (Å²) in [6.07, 6.45) is 5.19.